The highest BCUT2D eigenvalue weighted by molar-refractivity contribution is 5.63. The Morgan fingerprint density at radius 3 is 2.94 bits per heavy atom. The summed E-state index contributed by atoms with van der Waals surface area (Å²) in [5, 5.41) is 12.7. The number of aliphatic hydroxyl groups excluding tert-OH is 1. The summed E-state index contributed by atoms with van der Waals surface area (Å²) < 4.78 is 10.4. The van der Waals surface area contributed by atoms with Gasteiger partial charge in [0.25, 0.3) is 5.89 Å². The number of hydrogen-bond acceptors (Lipinski definition) is 6. The Morgan fingerprint density at radius 2 is 2.28 bits per heavy atom. The molecule has 6 heteroatoms. The maximum Gasteiger partial charge on any atom is 0.261 e. The van der Waals surface area contributed by atoms with Gasteiger partial charge in [-0.05, 0) is 19.1 Å². The standard InChI is InChI=1S/C12H15N3O3/c1-7-3-4-10(17-2)8(5-7)12-14-11(15-18-12)9(13)6-16/h3-5,9,16H,6,13H2,1-2H3. The van der Waals surface area contributed by atoms with Crippen molar-refractivity contribution in [3.8, 4) is 17.2 Å². The van der Waals surface area contributed by atoms with Crippen molar-refractivity contribution in [1.29, 1.82) is 0 Å². The summed E-state index contributed by atoms with van der Waals surface area (Å²) in [5.74, 6) is 1.25. The molecule has 2 rings (SSSR count). The number of hydrogen-bond donors (Lipinski definition) is 2. The molecule has 0 amide bonds. The van der Waals surface area contributed by atoms with E-state index < -0.39 is 6.04 Å². The van der Waals surface area contributed by atoms with Crippen LogP contribution in [0.4, 0.5) is 0 Å². The molecule has 1 unspecified atom stereocenters. The predicted octanol–water partition coefficient (Wildman–Crippen LogP) is 1.05. The Hall–Kier alpha value is -1.92. The van der Waals surface area contributed by atoms with Crippen LogP contribution in [-0.2, 0) is 0 Å². The van der Waals surface area contributed by atoms with E-state index in [0.717, 1.165) is 5.56 Å². The second-order valence-corrected chi connectivity index (χ2v) is 3.95. The number of methoxy groups -OCH3 is 1. The van der Waals surface area contributed by atoms with Crippen LogP contribution in [0.3, 0.4) is 0 Å². The number of benzene rings is 1. The van der Waals surface area contributed by atoms with Crippen molar-refractivity contribution in [2.24, 2.45) is 5.73 Å². The SMILES string of the molecule is COc1ccc(C)cc1-c1nc(C(N)CO)no1. The van der Waals surface area contributed by atoms with E-state index in [2.05, 4.69) is 10.1 Å². The molecule has 1 aromatic heterocycles. The lowest BCUT2D eigenvalue weighted by Crippen LogP contribution is -2.15. The third kappa shape index (κ3) is 2.34. The van der Waals surface area contributed by atoms with E-state index in [1.54, 1.807) is 7.11 Å². The third-order valence-electron chi connectivity index (χ3n) is 2.56. The normalized spacial score (nSPS) is 12.4. The number of aliphatic hydroxyl groups is 1. The van der Waals surface area contributed by atoms with Crippen molar-refractivity contribution in [2.75, 3.05) is 13.7 Å². The van der Waals surface area contributed by atoms with Gasteiger partial charge in [-0.15, -0.1) is 0 Å². The zero-order valence-corrected chi connectivity index (χ0v) is 10.3. The second-order valence-electron chi connectivity index (χ2n) is 3.95. The fourth-order valence-electron chi connectivity index (χ4n) is 1.57. The Labute approximate surface area is 104 Å². The maximum atomic E-state index is 8.94. The van der Waals surface area contributed by atoms with Gasteiger partial charge in [0.2, 0.25) is 0 Å². The molecular weight excluding hydrogens is 234 g/mol. The minimum atomic E-state index is -0.640. The van der Waals surface area contributed by atoms with Crippen LogP contribution in [0.15, 0.2) is 22.7 Å². The topological polar surface area (TPSA) is 94.4 Å². The van der Waals surface area contributed by atoms with Crippen LogP contribution < -0.4 is 10.5 Å². The van der Waals surface area contributed by atoms with Gasteiger partial charge in [-0.3, -0.25) is 0 Å². The molecule has 0 saturated carbocycles. The molecule has 2 aromatic rings. The average molecular weight is 249 g/mol. The molecule has 18 heavy (non-hydrogen) atoms. The monoisotopic (exact) mass is 249 g/mol. The Balaban J connectivity index is 2.42. The molecule has 0 spiro atoms. The third-order valence-corrected chi connectivity index (χ3v) is 2.56. The van der Waals surface area contributed by atoms with E-state index in [1.165, 1.54) is 0 Å². The number of ether oxygens (including phenoxy) is 1. The van der Waals surface area contributed by atoms with Crippen LogP contribution in [0, 0.1) is 6.92 Å². The van der Waals surface area contributed by atoms with Crippen molar-refractivity contribution < 1.29 is 14.4 Å². The summed E-state index contributed by atoms with van der Waals surface area (Å²) in [4.78, 5) is 4.16. The molecule has 0 radical (unpaired) electrons. The van der Waals surface area contributed by atoms with Gasteiger partial charge in [0.1, 0.15) is 5.75 Å². The number of aryl methyl sites for hydroxylation is 1. The van der Waals surface area contributed by atoms with Crippen LogP contribution in [-0.4, -0.2) is 29.0 Å². The zero-order chi connectivity index (χ0) is 13.1. The van der Waals surface area contributed by atoms with Crippen molar-refractivity contribution in [1.82, 2.24) is 10.1 Å². The van der Waals surface area contributed by atoms with Gasteiger partial charge in [-0.2, -0.15) is 4.98 Å². The van der Waals surface area contributed by atoms with Gasteiger partial charge < -0.3 is 20.1 Å². The first-order valence-corrected chi connectivity index (χ1v) is 5.50. The highest BCUT2D eigenvalue weighted by Gasteiger charge is 2.17. The van der Waals surface area contributed by atoms with Crippen molar-refractivity contribution in [2.45, 2.75) is 13.0 Å². The summed E-state index contributed by atoms with van der Waals surface area (Å²) in [6.45, 7) is 1.73. The Kier molecular flexibility index (Phi) is 3.59. The molecule has 1 atom stereocenters. The van der Waals surface area contributed by atoms with Gasteiger partial charge in [-0.25, -0.2) is 0 Å². The van der Waals surface area contributed by atoms with Gasteiger partial charge in [-0.1, -0.05) is 16.8 Å². The van der Waals surface area contributed by atoms with Crippen LogP contribution in [0.5, 0.6) is 5.75 Å². The molecule has 0 aliphatic heterocycles. The van der Waals surface area contributed by atoms with E-state index in [4.69, 9.17) is 20.1 Å². The smallest absolute Gasteiger partial charge is 0.261 e. The van der Waals surface area contributed by atoms with Gasteiger partial charge in [0.15, 0.2) is 5.82 Å². The van der Waals surface area contributed by atoms with Crippen LogP contribution in [0.1, 0.15) is 17.4 Å². The minimum Gasteiger partial charge on any atom is -0.496 e. The summed E-state index contributed by atoms with van der Waals surface area (Å²) in [6, 6.07) is 5.01. The molecule has 0 bridgehead atoms. The molecule has 0 fully saturated rings. The van der Waals surface area contributed by atoms with Crippen molar-refractivity contribution in [3.05, 3.63) is 29.6 Å². The summed E-state index contributed by atoms with van der Waals surface area (Å²) >= 11 is 0. The van der Waals surface area contributed by atoms with Crippen molar-refractivity contribution in [3.63, 3.8) is 0 Å². The van der Waals surface area contributed by atoms with E-state index in [9.17, 15) is 0 Å². The first kappa shape index (κ1) is 12.5. The van der Waals surface area contributed by atoms with Gasteiger partial charge in [0, 0.05) is 0 Å². The molecule has 96 valence electrons. The number of aromatic nitrogens is 2. The van der Waals surface area contributed by atoms with Crippen LogP contribution >= 0.6 is 0 Å². The highest BCUT2D eigenvalue weighted by Crippen LogP contribution is 2.29. The summed E-state index contributed by atoms with van der Waals surface area (Å²) in [5.41, 5.74) is 7.38. The van der Waals surface area contributed by atoms with Crippen LogP contribution in [0.25, 0.3) is 11.5 Å². The maximum absolute atomic E-state index is 8.94. The molecule has 0 saturated heterocycles. The highest BCUT2D eigenvalue weighted by atomic mass is 16.5. The van der Waals surface area contributed by atoms with Gasteiger partial charge >= 0.3 is 0 Å². The molecule has 1 aromatic carbocycles. The quantitative estimate of drug-likeness (QED) is 0.840. The van der Waals surface area contributed by atoms with E-state index >= 15 is 0 Å². The summed E-state index contributed by atoms with van der Waals surface area (Å²) in [7, 11) is 1.57. The average Bonchev–Trinajstić information content (AvgIpc) is 2.87. The minimum absolute atomic E-state index is 0.232. The first-order valence-electron chi connectivity index (χ1n) is 5.50. The number of rotatable bonds is 4. The Morgan fingerprint density at radius 1 is 1.50 bits per heavy atom. The van der Waals surface area contributed by atoms with E-state index in [-0.39, 0.29) is 12.4 Å². The van der Waals surface area contributed by atoms with E-state index in [1.807, 2.05) is 25.1 Å². The molecular formula is C12H15N3O3. The number of nitrogens with two attached hydrogens (primary N) is 1. The lowest BCUT2D eigenvalue weighted by molar-refractivity contribution is 0.260. The second kappa shape index (κ2) is 5.16. The largest absolute Gasteiger partial charge is 0.496 e. The summed E-state index contributed by atoms with van der Waals surface area (Å²) in [6.07, 6.45) is 0. The fourth-order valence-corrected chi connectivity index (χ4v) is 1.57. The lowest BCUT2D eigenvalue weighted by atomic mass is 10.1. The molecule has 3 N–H and O–H groups in total. The lowest BCUT2D eigenvalue weighted by Gasteiger charge is -2.05. The molecule has 0 aliphatic rings. The van der Waals surface area contributed by atoms with Crippen LogP contribution in [0.2, 0.25) is 0 Å². The van der Waals surface area contributed by atoms with Crippen molar-refractivity contribution >= 4 is 0 Å². The fraction of sp³-hybridized carbons (Fsp3) is 0.333. The predicted molar refractivity (Wildman–Crippen MR) is 65.0 cm³/mol. The Bertz CT molecular complexity index is 539. The number of nitrogens with zero attached hydrogens (tertiary/aromatic N) is 2. The van der Waals surface area contributed by atoms with E-state index in [0.29, 0.717) is 17.2 Å². The van der Waals surface area contributed by atoms with Gasteiger partial charge in [0.05, 0.1) is 25.3 Å². The molecule has 1 heterocycles. The zero-order valence-electron chi connectivity index (χ0n) is 10.3. The molecule has 6 nitrogen and oxygen atoms in total. The first-order chi connectivity index (χ1) is 8.65. The molecule has 0 aliphatic carbocycles.